The molecule has 0 fully saturated rings. The summed E-state index contributed by atoms with van der Waals surface area (Å²) in [6.07, 6.45) is -0.461. The number of aromatic nitrogens is 2. The van der Waals surface area contributed by atoms with Crippen molar-refractivity contribution in [1.82, 2.24) is 9.78 Å². The Hall–Kier alpha value is -1.56. The Bertz CT molecular complexity index is 399. The molecule has 0 radical (unpaired) electrons. The predicted molar refractivity (Wildman–Crippen MR) is 55.9 cm³/mol. The number of nitrogens with one attached hydrogen (secondary N) is 2. The monoisotopic (exact) mass is 210 g/mol. The van der Waals surface area contributed by atoms with Gasteiger partial charge in [-0.05, 0) is 6.92 Å². The number of carbonyl (C=O) groups excluding carboxylic acids is 1. The number of rotatable bonds is 1. The maximum absolute atomic E-state index is 11.7. The number of anilines is 2. The van der Waals surface area contributed by atoms with Crippen LogP contribution in [0.4, 0.5) is 11.5 Å². The Balaban J connectivity index is 2.36. The van der Waals surface area contributed by atoms with Crippen LogP contribution in [0.1, 0.15) is 5.69 Å². The van der Waals surface area contributed by atoms with Crippen molar-refractivity contribution in [2.75, 3.05) is 24.3 Å². The second kappa shape index (κ2) is 3.54. The van der Waals surface area contributed by atoms with E-state index in [0.717, 1.165) is 17.2 Å². The molecule has 2 N–H and O–H groups in total. The van der Waals surface area contributed by atoms with Crippen LogP contribution in [0.25, 0.3) is 0 Å². The summed E-state index contributed by atoms with van der Waals surface area (Å²) in [7, 11) is 3.35. The van der Waals surface area contributed by atoms with Gasteiger partial charge in [0.05, 0.1) is 12.2 Å². The number of fused-ring (bicyclic) bond motifs is 1. The number of aryl methyl sites for hydroxylation is 2. The van der Waals surface area contributed by atoms with Crippen molar-refractivity contribution in [3.63, 3.8) is 0 Å². The summed E-state index contributed by atoms with van der Waals surface area (Å²) in [5.41, 5.74) is 1.53. The first-order valence-electron chi connectivity index (χ1n) is 4.74. The van der Waals surface area contributed by atoms with Gasteiger partial charge in [-0.15, -0.1) is 0 Å². The molecule has 0 saturated carbocycles. The average molecular weight is 210 g/mol. The maximum atomic E-state index is 11.7. The van der Waals surface area contributed by atoms with Crippen LogP contribution in [0, 0.1) is 6.92 Å². The molecular weight excluding hydrogens is 196 g/mol. The van der Waals surface area contributed by atoms with Crippen molar-refractivity contribution in [2.45, 2.75) is 13.0 Å². The molecule has 1 aliphatic heterocycles. The molecule has 1 amide bonds. The van der Waals surface area contributed by atoms with Crippen molar-refractivity contribution in [3.05, 3.63) is 5.69 Å². The third-order valence-corrected chi connectivity index (χ3v) is 2.50. The molecule has 1 atom stereocenters. The molecule has 82 valence electrons. The van der Waals surface area contributed by atoms with E-state index < -0.39 is 6.10 Å². The summed E-state index contributed by atoms with van der Waals surface area (Å²) in [5, 5.41) is 10.2. The lowest BCUT2D eigenvalue weighted by Gasteiger charge is -2.10. The molecule has 0 aromatic carbocycles. The maximum Gasteiger partial charge on any atom is 0.255 e. The molecular formula is C9H14N4O2. The van der Waals surface area contributed by atoms with Crippen molar-refractivity contribution >= 4 is 17.4 Å². The van der Waals surface area contributed by atoms with Gasteiger partial charge in [-0.3, -0.25) is 9.48 Å². The van der Waals surface area contributed by atoms with Gasteiger partial charge in [0.2, 0.25) is 0 Å². The third kappa shape index (κ3) is 1.56. The predicted octanol–water partition coefficient (Wildman–Crippen LogP) is 0.108. The molecule has 1 unspecified atom stereocenters. The van der Waals surface area contributed by atoms with Crippen LogP contribution in [0.5, 0.6) is 0 Å². The van der Waals surface area contributed by atoms with Crippen LogP contribution < -0.4 is 10.6 Å². The largest absolute Gasteiger partial charge is 0.370 e. The van der Waals surface area contributed by atoms with E-state index in [1.165, 1.54) is 7.11 Å². The van der Waals surface area contributed by atoms with Gasteiger partial charge >= 0.3 is 0 Å². The summed E-state index contributed by atoms with van der Waals surface area (Å²) < 4.78 is 6.77. The van der Waals surface area contributed by atoms with Gasteiger partial charge in [0.15, 0.2) is 6.10 Å². The lowest BCUT2D eigenvalue weighted by Crippen LogP contribution is -2.33. The first-order chi connectivity index (χ1) is 7.13. The smallest absolute Gasteiger partial charge is 0.255 e. The second-order valence-corrected chi connectivity index (χ2v) is 3.53. The quantitative estimate of drug-likeness (QED) is 0.690. The van der Waals surface area contributed by atoms with Crippen LogP contribution in [0.2, 0.25) is 0 Å². The van der Waals surface area contributed by atoms with Crippen LogP contribution in [-0.2, 0) is 16.6 Å². The van der Waals surface area contributed by atoms with E-state index in [4.69, 9.17) is 4.74 Å². The lowest BCUT2D eigenvalue weighted by atomic mass is 10.3. The molecule has 0 bridgehead atoms. The molecule has 15 heavy (non-hydrogen) atoms. The SMILES string of the molecule is COC1CNc2c(c(C)nn2C)NC1=O. The van der Waals surface area contributed by atoms with E-state index in [-0.39, 0.29) is 5.91 Å². The van der Waals surface area contributed by atoms with Crippen LogP contribution in [0.15, 0.2) is 0 Å². The normalized spacial score (nSPS) is 20.2. The van der Waals surface area contributed by atoms with E-state index in [2.05, 4.69) is 15.7 Å². The highest BCUT2D eigenvalue weighted by Gasteiger charge is 2.26. The number of amides is 1. The van der Waals surface area contributed by atoms with Gasteiger partial charge in [0.1, 0.15) is 11.5 Å². The highest BCUT2D eigenvalue weighted by atomic mass is 16.5. The number of hydrogen-bond donors (Lipinski definition) is 2. The molecule has 2 heterocycles. The summed E-state index contributed by atoms with van der Waals surface area (Å²) in [6, 6.07) is 0. The van der Waals surface area contributed by atoms with E-state index in [1.54, 1.807) is 4.68 Å². The number of nitrogens with zero attached hydrogens (tertiary/aromatic N) is 2. The zero-order chi connectivity index (χ0) is 11.0. The first kappa shape index (κ1) is 9.97. The van der Waals surface area contributed by atoms with E-state index in [9.17, 15) is 4.79 Å². The van der Waals surface area contributed by atoms with Crippen LogP contribution in [-0.4, -0.2) is 35.4 Å². The Labute approximate surface area is 87.6 Å². The molecule has 0 saturated heterocycles. The minimum Gasteiger partial charge on any atom is -0.370 e. The van der Waals surface area contributed by atoms with Crippen LogP contribution in [0.3, 0.4) is 0 Å². The number of methoxy groups -OCH3 is 1. The Morgan fingerprint density at radius 3 is 3.00 bits per heavy atom. The lowest BCUT2D eigenvalue weighted by molar-refractivity contribution is -0.124. The fourth-order valence-corrected chi connectivity index (χ4v) is 1.69. The minimum atomic E-state index is -0.461. The Kier molecular flexibility index (Phi) is 2.36. The standard InChI is InChI=1S/C9H14N4O2/c1-5-7-8(13(2)12-5)10-4-6(15-3)9(14)11-7/h6,10H,4H2,1-3H3,(H,11,14). The van der Waals surface area contributed by atoms with E-state index in [0.29, 0.717) is 6.54 Å². The zero-order valence-electron chi connectivity index (χ0n) is 9.00. The van der Waals surface area contributed by atoms with Gasteiger partial charge in [0.25, 0.3) is 5.91 Å². The van der Waals surface area contributed by atoms with Crippen molar-refractivity contribution < 1.29 is 9.53 Å². The summed E-state index contributed by atoms with van der Waals surface area (Å²) in [4.78, 5) is 11.7. The summed E-state index contributed by atoms with van der Waals surface area (Å²) >= 11 is 0. The number of ether oxygens (including phenoxy) is 1. The van der Waals surface area contributed by atoms with Crippen molar-refractivity contribution in [2.24, 2.45) is 7.05 Å². The van der Waals surface area contributed by atoms with Gasteiger partial charge in [-0.2, -0.15) is 5.10 Å². The molecule has 1 aromatic heterocycles. The third-order valence-electron chi connectivity index (χ3n) is 2.50. The number of carbonyl (C=O) groups is 1. The minimum absolute atomic E-state index is 0.139. The molecule has 1 aromatic rings. The molecule has 1 aliphatic rings. The van der Waals surface area contributed by atoms with Gasteiger partial charge in [-0.25, -0.2) is 0 Å². The molecule has 0 spiro atoms. The summed E-state index contributed by atoms with van der Waals surface area (Å²) in [6.45, 7) is 2.31. The fourth-order valence-electron chi connectivity index (χ4n) is 1.69. The molecule has 2 rings (SSSR count). The second-order valence-electron chi connectivity index (χ2n) is 3.53. The fraction of sp³-hybridized carbons (Fsp3) is 0.556. The number of hydrogen-bond acceptors (Lipinski definition) is 4. The van der Waals surface area contributed by atoms with Gasteiger partial charge in [-0.1, -0.05) is 0 Å². The highest BCUT2D eigenvalue weighted by molar-refractivity contribution is 5.99. The first-order valence-corrected chi connectivity index (χ1v) is 4.74. The summed E-state index contributed by atoms with van der Waals surface area (Å²) in [5.74, 6) is 0.681. The molecule has 6 heteroatoms. The van der Waals surface area contributed by atoms with Gasteiger partial charge in [0, 0.05) is 14.2 Å². The van der Waals surface area contributed by atoms with Crippen molar-refractivity contribution in [1.29, 1.82) is 0 Å². The van der Waals surface area contributed by atoms with E-state index >= 15 is 0 Å². The van der Waals surface area contributed by atoms with Crippen LogP contribution >= 0.6 is 0 Å². The Morgan fingerprint density at radius 2 is 2.33 bits per heavy atom. The topological polar surface area (TPSA) is 68.2 Å². The molecule has 6 nitrogen and oxygen atoms in total. The zero-order valence-corrected chi connectivity index (χ0v) is 9.00. The van der Waals surface area contributed by atoms with E-state index in [1.807, 2.05) is 14.0 Å². The van der Waals surface area contributed by atoms with Crippen molar-refractivity contribution in [3.8, 4) is 0 Å². The van der Waals surface area contributed by atoms with Gasteiger partial charge < -0.3 is 15.4 Å². The molecule has 0 aliphatic carbocycles. The Morgan fingerprint density at radius 1 is 1.60 bits per heavy atom. The average Bonchev–Trinajstić information content (AvgIpc) is 2.37. The highest BCUT2D eigenvalue weighted by Crippen LogP contribution is 2.27.